The molecule has 0 radical (unpaired) electrons. The zero-order chi connectivity index (χ0) is 21.4. The van der Waals surface area contributed by atoms with Crippen LogP contribution in [-0.4, -0.2) is 43.6 Å². The molecule has 0 unspecified atom stereocenters. The lowest BCUT2D eigenvalue weighted by molar-refractivity contribution is -0.135. The van der Waals surface area contributed by atoms with E-state index in [1.807, 2.05) is 0 Å². The Morgan fingerprint density at radius 2 is 1.79 bits per heavy atom. The van der Waals surface area contributed by atoms with Crippen molar-refractivity contribution in [1.82, 2.24) is 10.3 Å². The number of nitrogens with zero attached hydrogens (tertiary/aromatic N) is 1. The molecular formula is C19H29F3N2O4. The predicted octanol–water partition coefficient (Wildman–Crippen LogP) is 4.44. The van der Waals surface area contributed by atoms with Gasteiger partial charge in [0.15, 0.2) is 0 Å². The summed E-state index contributed by atoms with van der Waals surface area (Å²) < 4.78 is 52.6. The molecular weight excluding hydrogens is 377 g/mol. The minimum atomic E-state index is -4.15. The molecule has 1 amide bonds. The molecule has 1 N–H and O–H groups in total. The van der Waals surface area contributed by atoms with Crippen molar-refractivity contribution in [3.63, 3.8) is 0 Å². The SMILES string of the molecule is COc1cc(CCCCC(F)(F)F)c(OC)nc1CCNC(=O)OC(C)(C)C. The van der Waals surface area contributed by atoms with Crippen LogP contribution in [0.1, 0.15) is 51.3 Å². The molecule has 0 aliphatic carbocycles. The lowest BCUT2D eigenvalue weighted by atomic mass is 10.1. The Bertz CT molecular complexity index is 643. The highest BCUT2D eigenvalue weighted by atomic mass is 19.4. The summed E-state index contributed by atoms with van der Waals surface area (Å²) in [5.74, 6) is 0.845. The molecule has 0 saturated heterocycles. The van der Waals surface area contributed by atoms with Gasteiger partial charge in [0.2, 0.25) is 5.88 Å². The molecule has 0 spiro atoms. The number of aromatic nitrogens is 1. The highest BCUT2D eigenvalue weighted by Crippen LogP contribution is 2.28. The maximum atomic E-state index is 12.3. The van der Waals surface area contributed by atoms with Crippen LogP contribution in [0.2, 0.25) is 0 Å². The molecule has 1 aromatic heterocycles. The van der Waals surface area contributed by atoms with Gasteiger partial charge in [-0.25, -0.2) is 9.78 Å². The van der Waals surface area contributed by atoms with Gasteiger partial charge in [0, 0.05) is 24.9 Å². The summed E-state index contributed by atoms with van der Waals surface area (Å²) in [6, 6.07) is 1.72. The number of ether oxygens (including phenoxy) is 3. The Balaban J connectivity index is 2.71. The number of carbonyl (C=O) groups excluding carboxylic acids is 1. The molecule has 0 aliphatic rings. The molecule has 0 aliphatic heterocycles. The largest absolute Gasteiger partial charge is 0.495 e. The predicted molar refractivity (Wildman–Crippen MR) is 98.9 cm³/mol. The molecule has 0 bridgehead atoms. The molecule has 9 heteroatoms. The first-order valence-corrected chi connectivity index (χ1v) is 9.09. The van der Waals surface area contributed by atoms with Gasteiger partial charge < -0.3 is 19.5 Å². The first-order valence-electron chi connectivity index (χ1n) is 9.09. The third-order valence-electron chi connectivity index (χ3n) is 3.70. The van der Waals surface area contributed by atoms with Crippen LogP contribution in [0.3, 0.4) is 0 Å². The number of nitrogens with one attached hydrogen (secondary N) is 1. The zero-order valence-corrected chi connectivity index (χ0v) is 17.0. The van der Waals surface area contributed by atoms with E-state index in [0.29, 0.717) is 42.1 Å². The summed E-state index contributed by atoms with van der Waals surface area (Å²) in [5.41, 5.74) is 0.677. The normalized spacial score (nSPS) is 11.9. The van der Waals surface area contributed by atoms with Gasteiger partial charge in [-0.15, -0.1) is 0 Å². The van der Waals surface area contributed by atoms with E-state index in [1.54, 1.807) is 26.8 Å². The van der Waals surface area contributed by atoms with E-state index in [-0.39, 0.29) is 13.0 Å². The molecule has 6 nitrogen and oxygen atoms in total. The quantitative estimate of drug-likeness (QED) is 0.614. The molecule has 0 aromatic carbocycles. The van der Waals surface area contributed by atoms with Crippen molar-refractivity contribution >= 4 is 6.09 Å². The van der Waals surface area contributed by atoms with E-state index >= 15 is 0 Å². The summed E-state index contributed by atoms with van der Waals surface area (Å²) >= 11 is 0. The van der Waals surface area contributed by atoms with Crippen molar-refractivity contribution < 1.29 is 32.2 Å². The van der Waals surface area contributed by atoms with Gasteiger partial charge in [-0.2, -0.15) is 13.2 Å². The van der Waals surface area contributed by atoms with E-state index in [0.717, 1.165) is 0 Å². The number of methoxy groups -OCH3 is 2. The number of unbranched alkanes of at least 4 members (excludes halogenated alkanes) is 1. The lowest BCUT2D eigenvalue weighted by Gasteiger charge is -2.19. The summed E-state index contributed by atoms with van der Waals surface area (Å²) in [6.07, 6.45) is -4.30. The van der Waals surface area contributed by atoms with E-state index in [2.05, 4.69) is 10.3 Å². The van der Waals surface area contributed by atoms with Gasteiger partial charge in [-0.05, 0) is 46.1 Å². The Hall–Kier alpha value is -2.19. The number of alkyl halides is 3. The van der Waals surface area contributed by atoms with Gasteiger partial charge >= 0.3 is 12.3 Å². The van der Waals surface area contributed by atoms with Crippen molar-refractivity contribution in [3.05, 3.63) is 17.3 Å². The lowest BCUT2D eigenvalue weighted by Crippen LogP contribution is -2.33. The molecule has 160 valence electrons. The highest BCUT2D eigenvalue weighted by Gasteiger charge is 2.26. The van der Waals surface area contributed by atoms with Crippen LogP contribution in [0.25, 0.3) is 0 Å². The second-order valence-electron chi connectivity index (χ2n) is 7.31. The number of pyridine rings is 1. The summed E-state index contributed by atoms with van der Waals surface area (Å²) in [5, 5.41) is 2.64. The number of halogens is 3. The van der Waals surface area contributed by atoms with Crippen molar-refractivity contribution in [2.24, 2.45) is 0 Å². The number of hydrogen-bond donors (Lipinski definition) is 1. The monoisotopic (exact) mass is 406 g/mol. The number of alkyl carbamates (subject to hydrolysis) is 1. The molecule has 0 atom stereocenters. The van der Waals surface area contributed by atoms with Crippen LogP contribution < -0.4 is 14.8 Å². The minimum Gasteiger partial charge on any atom is -0.495 e. The smallest absolute Gasteiger partial charge is 0.407 e. The van der Waals surface area contributed by atoms with Crippen LogP contribution >= 0.6 is 0 Å². The number of amides is 1. The van der Waals surface area contributed by atoms with Gasteiger partial charge in [0.05, 0.1) is 19.9 Å². The highest BCUT2D eigenvalue weighted by molar-refractivity contribution is 5.67. The van der Waals surface area contributed by atoms with Crippen molar-refractivity contribution in [1.29, 1.82) is 0 Å². The third-order valence-corrected chi connectivity index (χ3v) is 3.70. The Kier molecular flexibility index (Phi) is 8.84. The molecule has 0 saturated carbocycles. The van der Waals surface area contributed by atoms with Crippen molar-refractivity contribution in [2.45, 2.75) is 64.7 Å². The van der Waals surface area contributed by atoms with Crippen LogP contribution in [-0.2, 0) is 17.6 Å². The summed E-state index contributed by atoms with van der Waals surface area (Å²) in [6.45, 7) is 5.60. The number of rotatable bonds is 9. The second kappa shape index (κ2) is 10.4. The van der Waals surface area contributed by atoms with E-state index < -0.39 is 24.3 Å². The number of aryl methyl sites for hydroxylation is 1. The van der Waals surface area contributed by atoms with Gasteiger partial charge in [-0.1, -0.05) is 0 Å². The fraction of sp³-hybridized carbons (Fsp3) is 0.684. The zero-order valence-electron chi connectivity index (χ0n) is 17.0. The molecule has 0 fully saturated rings. The molecule has 1 rings (SSSR count). The number of carbonyl (C=O) groups is 1. The van der Waals surface area contributed by atoms with Crippen LogP contribution in [0.15, 0.2) is 6.07 Å². The fourth-order valence-corrected chi connectivity index (χ4v) is 2.50. The van der Waals surface area contributed by atoms with Gasteiger partial charge in [0.1, 0.15) is 11.4 Å². The molecule has 28 heavy (non-hydrogen) atoms. The maximum absolute atomic E-state index is 12.3. The average Bonchev–Trinajstić information content (AvgIpc) is 2.56. The van der Waals surface area contributed by atoms with Gasteiger partial charge in [0.25, 0.3) is 0 Å². The maximum Gasteiger partial charge on any atom is 0.407 e. The second-order valence-corrected chi connectivity index (χ2v) is 7.31. The van der Waals surface area contributed by atoms with Crippen molar-refractivity contribution in [2.75, 3.05) is 20.8 Å². The topological polar surface area (TPSA) is 69.7 Å². The van der Waals surface area contributed by atoms with E-state index in [4.69, 9.17) is 14.2 Å². The first-order chi connectivity index (χ1) is 12.9. The number of hydrogen-bond acceptors (Lipinski definition) is 5. The fourth-order valence-electron chi connectivity index (χ4n) is 2.50. The minimum absolute atomic E-state index is 0.0382. The average molecular weight is 406 g/mol. The standard InChI is InChI=1S/C19H29F3N2O4/c1-18(2,3)28-17(25)23-11-9-14-15(26-4)12-13(16(24-14)27-5)8-6-7-10-19(20,21)22/h12H,6-11H2,1-5H3,(H,23,25). The molecule has 1 heterocycles. The van der Waals surface area contributed by atoms with E-state index in [1.165, 1.54) is 14.2 Å². The van der Waals surface area contributed by atoms with Crippen LogP contribution in [0.4, 0.5) is 18.0 Å². The Morgan fingerprint density at radius 3 is 2.32 bits per heavy atom. The first kappa shape index (κ1) is 23.8. The Labute approximate surface area is 163 Å². The van der Waals surface area contributed by atoms with Gasteiger partial charge in [-0.3, -0.25) is 0 Å². The van der Waals surface area contributed by atoms with Crippen LogP contribution in [0.5, 0.6) is 11.6 Å². The molecule has 1 aromatic rings. The Morgan fingerprint density at radius 1 is 1.11 bits per heavy atom. The van der Waals surface area contributed by atoms with Crippen molar-refractivity contribution in [3.8, 4) is 11.6 Å². The summed E-state index contributed by atoms with van der Waals surface area (Å²) in [4.78, 5) is 16.1. The summed E-state index contributed by atoms with van der Waals surface area (Å²) in [7, 11) is 2.94. The van der Waals surface area contributed by atoms with Crippen LogP contribution in [0, 0.1) is 0 Å². The third kappa shape index (κ3) is 9.14. The van der Waals surface area contributed by atoms with E-state index in [9.17, 15) is 18.0 Å².